The molecule has 1 aromatic heterocycles. The van der Waals surface area contributed by atoms with Gasteiger partial charge in [-0.05, 0) is 45.9 Å². The van der Waals surface area contributed by atoms with E-state index in [0.717, 1.165) is 25.2 Å². The minimum atomic E-state index is -0.894. The molecule has 0 saturated heterocycles. The average molecular weight is 359 g/mol. The Morgan fingerprint density at radius 2 is 2.15 bits per heavy atom. The lowest BCUT2D eigenvalue weighted by atomic mass is 10.0. The van der Waals surface area contributed by atoms with E-state index in [9.17, 15) is 9.90 Å². The lowest BCUT2D eigenvalue weighted by molar-refractivity contribution is -0.142. The molecule has 0 aliphatic carbocycles. The highest BCUT2D eigenvalue weighted by Gasteiger charge is 2.19. The molecule has 0 saturated carbocycles. The van der Waals surface area contributed by atoms with E-state index in [1.165, 1.54) is 11.3 Å². The smallest absolute Gasteiger partial charge is 0.306 e. The Labute approximate surface area is 129 Å². The van der Waals surface area contributed by atoms with Crippen molar-refractivity contribution in [2.24, 2.45) is 5.92 Å². The van der Waals surface area contributed by atoms with E-state index >= 15 is 0 Å². The number of hydrogen-bond donors (Lipinski definition) is 2. The summed E-state index contributed by atoms with van der Waals surface area (Å²) in [7, 11) is 1.60. The van der Waals surface area contributed by atoms with Gasteiger partial charge in [0.1, 0.15) is 5.75 Å². The first kappa shape index (κ1) is 15.3. The van der Waals surface area contributed by atoms with E-state index in [1.54, 1.807) is 14.0 Å². The molecular weight excluding hydrogens is 344 g/mol. The highest BCUT2D eigenvalue weighted by molar-refractivity contribution is 9.10. The van der Waals surface area contributed by atoms with Crippen LogP contribution in [0.2, 0.25) is 0 Å². The lowest BCUT2D eigenvalue weighted by Crippen LogP contribution is -2.12. The number of aliphatic carboxylic acids is 1. The largest absolute Gasteiger partial charge is 0.496 e. The number of hydrogen-bond acceptors (Lipinski definition) is 4. The van der Waals surface area contributed by atoms with Crippen LogP contribution in [0.25, 0.3) is 10.1 Å². The van der Waals surface area contributed by atoms with Gasteiger partial charge in [0.15, 0.2) is 0 Å². The molecule has 1 aromatic carbocycles. The molecule has 2 rings (SSSR count). The second kappa shape index (κ2) is 6.11. The normalized spacial score (nSPS) is 14.2. The molecule has 0 bridgehead atoms. The fourth-order valence-corrected chi connectivity index (χ4v) is 3.68. The van der Waals surface area contributed by atoms with Crippen LogP contribution in [0.3, 0.4) is 0 Å². The summed E-state index contributed by atoms with van der Waals surface area (Å²) >= 11 is 4.89. The van der Waals surface area contributed by atoms with Crippen LogP contribution < -0.4 is 4.74 Å². The number of carboxylic acid groups (broad SMARTS) is 1. The third-order valence-corrected chi connectivity index (χ3v) is 4.96. The van der Waals surface area contributed by atoms with Gasteiger partial charge >= 0.3 is 5.97 Å². The van der Waals surface area contributed by atoms with Crippen LogP contribution in [0.15, 0.2) is 22.7 Å². The molecule has 20 heavy (non-hydrogen) atoms. The molecule has 2 N–H and O–H groups in total. The zero-order valence-corrected chi connectivity index (χ0v) is 13.5. The zero-order valence-electron chi connectivity index (χ0n) is 11.1. The van der Waals surface area contributed by atoms with Crippen LogP contribution in [0.4, 0.5) is 0 Å². The molecule has 108 valence electrons. The van der Waals surface area contributed by atoms with Gasteiger partial charge < -0.3 is 14.9 Å². The first-order chi connectivity index (χ1) is 9.42. The van der Waals surface area contributed by atoms with Crippen molar-refractivity contribution in [3.05, 3.63) is 27.5 Å². The number of carboxylic acids is 1. The van der Waals surface area contributed by atoms with Gasteiger partial charge in [0.25, 0.3) is 0 Å². The molecular formula is C14H15BrO4S. The average Bonchev–Trinajstić information content (AvgIpc) is 2.80. The fraction of sp³-hybridized carbons (Fsp3) is 0.357. The van der Waals surface area contributed by atoms with Crippen LogP contribution in [-0.2, 0) is 4.79 Å². The van der Waals surface area contributed by atoms with Crippen molar-refractivity contribution in [1.82, 2.24) is 0 Å². The second-order valence-corrected chi connectivity index (χ2v) is 6.63. The van der Waals surface area contributed by atoms with Crippen molar-refractivity contribution < 1.29 is 19.7 Å². The molecule has 1 unspecified atom stereocenters. The van der Waals surface area contributed by atoms with E-state index in [2.05, 4.69) is 15.9 Å². The van der Waals surface area contributed by atoms with Crippen LogP contribution in [-0.4, -0.2) is 23.3 Å². The number of carbonyl (C=O) groups is 1. The first-order valence-corrected chi connectivity index (χ1v) is 7.71. The SMILES string of the molecule is COc1cc2cc(C(O)C[C@H](C)C(=O)O)sc2cc1Br. The highest BCUT2D eigenvalue weighted by atomic mass is 79.9. The Bertz CT molecular complexity index is 637. The number of ether oxygens (including phenoxy) is 1. The summed E-state index contributed by atoms with van der Waals surface area (Å²) in [5, 5.41) is 20.0. The Balaban J connectivity index is 2.29. The number of fused-ring (bicyclic) bond motifs is 1. The molecule has 0 aliphatic heterocycles. The Kier molecular flexibility index (Phi) is 4.67. The molecule has 2 aromatic rings. The zero-order chi connectivity index (χ0) is 14.9. The summed E-state index contributed by atoms with van der Waals surface area (Å²) in [6, 6.07) is 5.72. The van der Waals surface area contributed by atoms with Gasteiger partial charge in [-0.1, -0.05) is 6.92 Å². The van der Waals surface area contributed by atoms with E-state index in [0.29, 0.717) is 0 Å². The van der Waals surface area contributed by atoms with Gasteiger partial charge in [-0.3, -0.25) is 4.79 Å². The molecule has 0 amide bonds. The standard InChI is InChI=1S/C14H15BrO4S/c1-7(14(17)18)3-10(16)13-5-8-4-11(19-2)9(15)6-12(8)20-13/h4-7,10,16H,3H2,1-2H3,(H,17,18)/t7-,10?/m0/s1. The van der Waals surface area contributed by atoms with Crippen molar-refractivity contribution in [2.45, 2.75) is 19.4 Å². The van der Waals surface area contributed by atoms with Crippen LogP contribution in [0.1, 0.15) is 24.3 Å². The van der Waals surface area contributed by atoms with Crippen LogP contribution >= 0.6 is 27.3 Å². The Morgan fingerprint density at radius 3 is 2.75 bits per heavy atom. The van der Waals surface area contributed by atoms with Crippen molar-refractivity contribution in [3.63, 3.8) is 0 Å². The molecule has 6 heteroatoms. The minimum Gasteiger partial charge on any atom is -0.496 e. The van der Waals surface area contributed by atoms with E-state index in [4.69, 9.17) is 9.84 Å². The summed E-state index contributed by atoms with van der Waals surface area (Å²) in [6.45, 7) is 1.60. The van der Waals surface area contributed by atoms with Crippen LogP contribution in [0.5, 0.6) is 5.75 Å². The molecule has 0 spiro atoms. The first-order valence-electron chi connectivity index (χ1n) is 6.10. The fourth-order valence-electron chi connectivity index (χ4n) is 1.93. The number of halogens is 1. The van der Waals surface area contributed by atoms with Gasteiger partial charge in [-0.15, -0.1) is 11.3 Å². The molecule has 1 heterocycles. The predicted octanol–water partition coefficient (Wildman–Crippen LogP) is 3.82. The quantitative estimate of drug-likeness (QED) is 0.852. The summed E-state index contributed by atoms with van der Waals surface area (Å²) in [5.41, 5.74) is 0. The van der Waals surface area contributed by atoms with E-state index < -0.39 is 18.0 Å². The third kappa shape index (κ3) is 3.13. The number of thiophene rings is 1. The monoisotopic (exact) mass is 358 g/mol. The number of rotatable bonds is 5. The van der Waals surface area contributed by atoms with Gasteiger partial charge in [-0.2, -0.15) is 0 Å². The highest BCUT2D eigenvalue weighted by Crippen LogP contribution is 2.37. The molecule has 0 fully saturated rings. The lowest BCUT2D eigenvalue weighted by Gasteiger charge is -2.11. The molecule has 2 atom stereocenters. The number of aliphatic hydroxyl groups is 1. The van der Waals surface area contributed by atoms with E-state index in [1.807, 2.05) is 18.2 Å². The molecule has 4 nitrogen and oxygen atoms in total. The van der Waals surface area contributed by atoms with Crippen molar-refractivity contribution >= 4 is 43.3 Å². The number of aliphatic hydroxyl groups excluding tert-OH is 1. The maximum atomic E-state index is 10.8. The van der Waals surface area contributed by atoms with Gasteiger partial charge in [-0.25, -0.2) is 0 Å². The summed E-state index contributed by atoms with van der Waals surface area (Å²) in [5.74, 6) is -0.735. The third-order valence-electron chi connectivity index (χ3n) is 3.14. The Hall–Kier alpha value is -1.11. The van der Waals surface area contributed by atoms with Gasteiger partial charge in [0, 0.05) is 9.58 Å². The van der Waals surface area contributed by atoms with Crippen molar-refractivity contribution in [2.75, 3.05) is 7.11 Å². The predicted molar refractivity (Wildman–Crippen MR) is 82.5 cm³/mol. The van der Waals surface area contributed by atoms with Crippen molar-refractivity contribution in [3.8, 4) is 5.75 Å². The second-order valence-electron chi connectivity index (χ2n) is 4.66. The van der Waals surface area contributed by atoms with E-state index in [-0.39, 0.29) is 6.42 Å². The van der Waals surface area contributed by atoms with Crippen LogP contribution in [0, 0.1) is 5.92 Å². The maximum Gasteiger partial charge on any atom is 0.306 e. The summed E-state index contributed by atoms with van der Waals surface area (Å²) < 4.78 is 7.12. The summed E-state index contributed by atoms with van der Waals surface area (Å²) in [4.78, 5) is 11.6. The molecule has 0 radical (unpaired) electrons. The topological polar surface area (TPSA) is 66.8 Å². The van der Waals surface area contributed by atoms with Crippen molar-refractivity contribution in [1.29, 1.82) is 0 Å². The van der Waals surface area contributed by atoms with Gasteiger partial charge in [0.05, 0.1) is 23.6 Å². The minimum absolute atomic E-state index is 0.209. The summed E-state index contributed by atoms with van der Waals surface area (Å²) in [6.07, 6.45) is -0.552. The number of benzene rings is 1. The maximum absolute atomic E-state index is 10.8. The van der Waals surface area contributed by atoms with Gasteiger partial charge in [0.2, 0.25) is 0 Å². The number of methoxy groups -OCH3 is 1. The molecule has 0 aliphatic rings. The Morgan fingerprint density at radius 1 is 1.45 bits per heavy atom.